The van der Waals surface area contributed by atoms with Crippen molar-refractivity contribution in [2.45, 2.75) is 6.92 Å². The molecule has 6 heteroatoms. The van der Waals surface area contributed by atoms with E-state index in [-0.39, 0.29) is 11.6 Å². The zero-order valence-corrected chi connectivity index (χ0v) is 14.4. The molecule has 0 spiro atoms. The Morgan fingerprint density at radius 3 is 2.78 bits per heavy atom. The van der Waals surface area contributed by atoms with Crippen LogP contribution < -0.4 is 0 Å². The number of benzene rings is 1. The lowest BCUT2D eigenvalue weighted by atomic mass is 10.2. The zero-order valence-electron chi connectivity index (χ0n) is 12.0. The Morgan fingerprint density at radius 1 is 1.22 bits per heavy atom. The average Bonchev–Trinajstić information content (AvgIpc) is 3.08. The average molecular weight is 364 g/mol. The first kappa shape index (κ1) is 16.0. The Bertz CT molecular complexity index is 865. The number of rotatable bonds is 3. The quantitative estimate of drug-likeness (QED) is 0.542. The van der Waals surface area contributed by atoms with Crippen molar-refractivity contribution in [3.05, 3.63) is 67.5 Å². The van der Waals surface area contributed by atoms with E-state index in [1.54, 1.807) is 41.7 Å². The monoisotopic (exact) mass is 363 g/mol. The molecule has 0 saturated carbocycles. The van der Waals surface area contributed by atoms with Gasteiger partial charge in [0.2, 0.25) is 5.90 Å². The van der Waals surface area contributed by atoms with Crippen molar-refractivity contribution in [3.63, 3.8) is 0 Å². The van der Waals surface area contributed by atoms with Gasteiger partial charge in [-0.25, -0.2) is 9.79 Å². The molecule has 23 heavy (non-hydrogen) atoms. The van der Waals surface area contributed by atoms with Gasteiger partial charge in [-0.15, -0.1) is 11.3 Å². The fourth-order valence-electron chi connectivity index (χ4n) is 1.96. The smallest absolute Gasteiger partial charge is 0.363 e. The van der Waals surface area contributed by atoms with Crippen LogP contribution in [-0.4, -0.2) is 11.9 Å². The summed E-state index contributed by atoms with van der Waals surface area (Å²) in [5, 5.41) is 2.88. The number of ether oxygens (including phenoxy) is 1. The highest BCUT2D eigenvalue weighted by Crippen LogP contribution is 2.27. The maximum Gasteiger partial charge on any atom is 0.363 e. The van der Waals surface area contributed by atoms with E-state index in [4.69, 9.17) is 27.9 Å². The molecule has 0 saturated heterocycles. The van der Waals surface area contributed by atoms with Crippen LogP contribution in [0.3, 0.4) is 0 Å². The largest absolute Gasteiger partial charge is 0.403 e. The van der Waals surface area contributed by atoms with Gasteiger partial charge in [0.25, 0.3) is 0 Å². The van der Waals surface area contributed by atoms with Crippen molar-refractivity contribution in [2.24, 2.45) is 4.99 Å². The van der Waals surface area contributed by atoms with Gasteiger partial charge in [0.05, 0.1) is 10.0 Å². The number of halogens is 2. The molecule has 0 amide bonds. The van der Waals surface area contributed by atoms with E-state index in [9.17, 15) is 4.79 Å². The highest BCUT2D eigenvalue weighted by atomic mass is 35.5. The van der Waals surface area contributed by atoms with Crippen molar-refractivity contribution in [2.75, 3.05) is 0 Å². The fourth-order valence-corrected chi connectivity index (χ4v) is 3.19. The Morgan fingerprint density at radius 2 is 2.04 bits per heavy atom. The number of cyclic esters (lactones) is 1. The molecule has 0 fully saturated rings. The molecule has 0 N–H and O–H groups in total. The third kappa shape index (κ3) is 3.55. The van der Waals surface area contributed by atoms with Crippen molar-refractivity contribution < 1.29 is 9.53 Å². The van der Waals surface area contributed by atoms with Crippen molar-refractivity contribution in [3.8, 4) is 0 Å². The SMILES string of the molecule is Cc1ccsc1C=C1N=C(C=Cc2cccc(Cl)c2Cl)OC1=O. The van der Waals surface area contributed by atoms with Crippen molar-refractivity contribution in [1.29, 1.82) is 0 Å². The lowest BCUT2D eigenvalue weighted by Gasteiger charge is -1.99. The minimum atomic E-state index is -0.463. The molecule has 0 unspecified atom stereocenters. The van der Waals surface area contributed by atoms with E-state index < -0.39 is 5.97 Å². The van der Waals surface area contributed by atoms with Gasteiger partial charge in [0, 0.05) is 11.0 Å². The number of aryl methyl sites for hydroxylation is 1. The van der Waals surface area contributed by atoms with Crippen LogP contribution >= 0.6 is 34.5 Å². The van der Waals surface area contributed by atoms with Gasteiger partial charge in [-0.3, -0.25) is 0 Å². The lowest BCUT2D eigenvalue weighted by molar-refractivity contribution is -0.129. The maximum absolute atomic E-state index is 11.9. The van der Waals surface area contributed by atoms with Crippen LogP contribution in [0.2, 0.25) is 10.0 Å². The Labute approximate surface area is 147 Å². The molecule has 1 aromatic carbocycles. The first-order valence-corrected chi connectivity index (χ1v) is 8.37. The molecular formula is C17H11Cl2NO2S. The summed E-state index contributed by atoms with van der Waals surface area (Å²) in [7, 11) is 0. The Balaban J connectivity index is 1.84. The van der Waals surface area contributed by atoms with Gasteiger partial charge >= 0.3 is 5.97 Å². The minimum absolute atomic E-state index is 0.228. The predicted octanol–water partition coefficient (Wildman–Crippen LogP) is 5.37. The molecule has 2 heterocycles. The van der Waals surface area contributed by atoms with E-state index in [0.717, 1.165) is 16.0 Å². The van der Waals surface area contributed by atoms with Gasteiger partial charge in [0.1, 0.15) is 0 Å². The summed E-state index contributed by atoms with van der Waals surface area (Å²) >= 11 is 13.6. The second-order valence-corrected chi connectivity index (χ2v) is 6.55. The van der Waals surface area contributed by atoms with Crippen LogP contribution in [0.1, 0.15) is 16.0 Å². The third-order valence-corrected chi connectivity index (χ3v) is 4.99. The molecule has 0 atom stereocenters. The van der Waals surface area contributed by atoms with Crippen molar-refractivity contribution in [1.82, 2.24) is 0 Å². The molecule has 2 aromatic rings. The van der Waals surface area contributed by atoms with Crippen LogP contribution in [0.4, 0.5) is 0 Å². The maximum atomic E-state index is 11.9. The number of hydrogen-bond acceptors (Lipinski definition) is 4. The third-order valence-electron chi connectivity index (χ3n) is 3.19. The molecular weight excluding hydrogens is 353 g/mol. The van der Waals surface area contributed by atoms with Gasteiger partial charge in [-0.2, -0.15) is 0 Å². The van der Waals surface area contributed by atoms with E-state index in [2.05, 4.69) is 4.99 Å². The summed E-state index contributed by atoms with van der Waals surface area (Å²) in [6, 6.07) is 7.30. The predicted molar refractivity (Wildman–Crippen MR) is 96.1 cm³/mol. The van der Waals surface area contributed by atoms with Gasteiger partial charge in [-0.1, -0.05) is 35.3 Å². The molecule has 1 aromatic heterocycles. The summed E-state index contributed by atoms with van der Waals surface area (Å²) < 4.78 is 5.14. The van der Waals surface area contributed by atoms with Crippen LogP contribution in [0.25, 0.3) is 12.2 Å². The summed E-state index contributed by atoms with van der Waals surface area (Å²) in [5.74, 6) is -0.235. The number of nitrogens with zero attached hydrogens (tertiary/aromatic N) is 1. The Hall–Kier alpha value is -1.88. The minimum Gasteiger partial charge on any atom is -0.403 e. The second kappa shape index (κ2) is 6.71. The topological polar surface area (TPSA) is 38.7 Å². The van der Waals surface area contributed by atoms with Gasteiger partial charge in [0.15, 0.2) is 5.70 Å². The normalized spacial score (nSPS) is 16.2. The van der Waals surface area contributed by atoms with Gasteiger partial charge in [-0.05, 0) is 47.7 Å². The first-order chi connectivity index (χ1) is 11.0. The van der Waals surface area contributed by atoms with E-state index in [0.29, 0.717) is 10.0 Å². The molecule has 0 bridgehead atoms. The fraction of sp³-hybridized carbons (Fsp3) is 0.0588. The van der Waals surface area contributed by atoms with E-state index >= 15 is 0 Å². The first-order valence-electron chi connectivity index (χ1n) is 6.73. The van der Waals surface area contributed by atoms with Crippen LogP contribution in [0.5, 0.6) is 0 Å². The molecule has 1 aliphatic heterocycles. The van der Waals surface area contributed by atoms with E-state index in [1.165, 1.54) is 0 Å². The second-order valence-electron chi connectivity index (χ2n) is 4.81. The molecule has 1 aliphatic rings. The Kier molecular flexibility index (Phi) is 4.66. The highest BCUT2D eigenvalue weighted by molar-refractivity contribution is 7.11. The summed E-state index contributed by atoms with van der Waals surface area (Å²) in [5.41, 5.74) is 2.11. The van der Waals surface area contributed by atoms with Crippen LogP contribution in [0.15, 0.2) is 46.4 Å². The zero-order chi connectivity index (χ0) is 16.4. The molecule has 0 aliphatic carbocycles. The van der Waals surface area contributed by atoms with Gasteiger partial charge < -0.3 is 4.74 Å². The summed E-state index contributed by atoms with van der Waals surface area (Å²) in [6.45, 7) is 1.98. The van der Waals surface area contributed by atoms with Crippen LogP contribution in [-0.2, 0) is 9.53 Å². The summed E-state index contributed by atoms with van der Waals surface area (Å²) in [4.78, 5) is 17.1. The number of carbonyl (C=O) groups is 1. The lowest BCUT2D eigenvalue weighted by Crippen LogP contribution is -2.01. The summed E-state index contributed by atoms with van der Waals surface area (Å²) in [6.07, 6.45) is 5.03. The molecule has 3 nitrogen and oxygen atoms in total. The van der Waals surface area contributed by atoms with Crippen molar-refractivity contribution >= 4 is 58.6 Å². The molecule has 0 radical (unpaired) electrons. The number of carbonyl (C=O) groups excluding carboxylic acids is 1. The van der Waals surface area contributed by atoms with E-state index in [1.807, 2.05) is 24.4 Å². The number of esters is 1. The standard InChI is InChI=1S/C17H11Cl2NO2S/c1-10-7-8-23-14(10)9-13-17(21)22-15(20-13)6-5-11-3-2-4-12(18)16(11)19/h2-9H,1H3. The number of aliphatic imine (C=N–C) groups is 1. The van der Waals surface area contributed by atoms with Crippen LogP contribution in [0, 0.1) is 6.92 Å². The number of hydrogen-bond donors (Lipinski definition) is 0. The highest BCUT2D eigenvalue weighted by Gasteiger charge is 2.21. The number of thiophene rings is 1. The molecule has 3 rings (SSSR count). The molecule has 116 valence electrons.